The third-order valence-electron chi connectivity index (χ3n) is 10.2. The molecular formula is C30H72N2O4Si4. The molecule has 0 bridgehead atoms. The van der Waals surface area contributed by atoms with E-state index in [1.54, 1.807) is 0 Å². The fourth-order valence-electron chi connectivity index (χ4n) is 6.76. The normalized spacial score (nSPS) is 18.8. The van der Waals surface area contributed by atoms with Crippen molar-refractivity contribution < 1.29 is 17.7 Å². The summed E-state index contributed by atoms with van der Waals surface area (Å²) in [7, 11) is -6.87. The van der Waals surface area contributed by atoms with Gasteiger partial charge in [0.25, 0.3) is 0 Å². The third-order valence-corrected chi connectivity index (χ3v) is 24.6. The molecular weight excluding hydrogens is 565 g/mol. The highest BCUT2D eigenvalue weighted by Crippen LogP contribution is 2.60. The largest absolute Gasteiger partial charge is 0.412 e. The van der Waals surface area contributed by atoms with Crippen LogP contribution in [-0.2, 0) is 17.7 Å². The molecule has 242 valence electrons. The van der Waals surface area contributed by atoms with E-state index in [1.807, 2.05) is 7.11 Å². The third kappa shape index (κ3) is 9.08. The lowest BCUT2D eigenvalue weighted by molar-refractivity contribution is -0.0223. The van der Waals surface area contributed by atoms with Crippen LogP contribution < -0.4 is 11.1 Å². The van der Waals surface area contributed by atoms with Crippen molar-refractivity contribution >= 4 is 33.3 Å². The summed E-state index contributed by atoms with van der Waals surface area (Å²) in [5.74, 6) is 0. The summed E-state index contributed by atoms with van der Waals surface area (Å²) in [6, 6.07) is 0.925. The Morgan fingerprint density at radius 2 is 1.18 bits per heavy atom. The summed E-state index contributed by atoms with van der Waals surface area (Å²) in [5, 5.41) is 2.78. The standard InChI is InChI=1S/C30H72N2O4Si4/c1-18-28(7,37(10,11)12)36-40(33-9,26-22-24-32-25-23-31)30(20-3,21-4)27(5,6)34-39(16,17)29(8,19-2)35-38(13,14)15/h32H,18-26,31H2,1-17H3/t28?,29-,40?/m1/s1. The molecule has 6 nitrogen and oxygen atoms in total. The van der Waals surface area contributed by atoms with Gasteiger partial charge in [0, 0.05) is 30.5 Å². The van der Waals surface area contributed by atoms with E-state index < -0.39 is 38.9 Å². The molecule has 0 heterocycles. The molecule has 0 aliphatic carbocycles. The Morgan fingerprint density at radius 1 is 0.675 bits per heavy atom. The van der Waals surface area contributed by atoms with E-state index in [4.69, 9.17) is 23.4 Å². The molecule has 0 aromatic rings. The van der Waals surface area contributed by atoms with Gasteiger partial charge in [-0.25, -0.2) is 0 Å². The number of hydrogen-bond donors (Lipinski definition) is 2. The molecule has 0 rings (SSSR count). The molecule has 0 aliphatic heterocycles. The maximum absolute atomic E-state index is 7.67. The van der Waals surface area contributed by atoms with Gasteiger partial charge in [0.2, 0.25) is 8.32 Å². The van der Waals surface area contributed by atoms with Crippen molar-refractivity contribution in [2.24, 2.45) is 5.73 Å². The van der Waals surface area contributed by atoms with Crippen molar-refractivity contribution in [3.05, 3.63) is 0 Å². The fourth-order valence-corrected chi connectivity index (χ4v) is 20.6. The highest BCUT2D eigenvalue weighted by atomic mass is 28.4. The number of nitrogens with one attached hydrogen (secondary N) is 1. The second-order valence-corrected chi connectivity index (χ2v) is 33.1. The molecule has 3 N–H and O–H groups in total. The molecule has 0 aromatic heterocycles. The smallest absolute Gasteiger partial charge is 0.347 e. The molecule has 40 heavy (non-hydrogen) atoms. The van der Waals surface area contributed by atoms with E-state index >= 15 is 0 Å². The van der Waals surface area contributed by atoms with Gasteiger partial charge in [-0.3, -0.25) is 0 Å². The van der Waals surface area contributed by atoms with Crippen LogP contribution >= 0.6 is 0 Å². The monoisotopic (exact) mass is 636 g/mol. The minimum atomic E-state index is -2.90. The van der Waals surface area contributed by atoms with Crippen LogP contribution in [0.1, 0.15) is 87.5 Å². The first-order chi connectivity index (χ1) is 18.0. The average Bonchev–Trinajstić information content (AvgIpc) is 2.81. The first-order valence-corrected chi connectivity index (χ1v) is 27.9. The predicted octanol–water partition coefficient (Wildman–Crippen LogP) is 8.20. The molecule has 0 saturated heterocycles. The van der Waals surface area contributed by atoms with Crippen molar-refractivity contribution in [1.29, 1.82) is 0 Å². The van der Waals surface area contributed by atoms with Crippen LogP contribution in [0.4, 0.5) is 0 Å². The predicted molar refractivity (Wildman–Crippen MR) is 186 cm³/mol. The maximum atomic E-state index is 7.67. The zero-order chi connectivity index (χ0) is 31.9. The number of rotatable bonds is 21. The Bertz CT molecular complexity index is 753. The van der Waals surface area contributed by atoms with Gasteiger partial charge in [-0.1, -0.05) is 47.3 Å². The molecule has 0 radical (unpaired) electrons. The molecule has 0 aromatic carbocycles. The van der Waals surface area contributed by atoms with Crippen molar-refractivity contribution in [2.45, 2.75) is 167 Å². The summed E-state index contributed by atoms with van der Waals surface area (Å²) >= 11 is 0. The van der Waals surface area contributed by atoms with Crippen LogP contribution in [0.25, 0.3) is 0 Å². The van der Waals surface area contributed by atoms with E-state index in [0.717, 1.165) is 51.2 Å². The van der Waals surface area contributed by atoms with Crippen molar-refractivity contribution in [2.75, 3.05) is 26.7 Å². The van der Waals surface area contributed by atoms with E-state index in [-0.39, 0.29) is 15.5 Å². The summed E-state index contributed by atoms with van der Waals surface area (Å²) in [6.07, 6.45) is 4.81. The van der Waals surface area contributed by atoms with Gasteiger partial charge in [0.15, 0.2) is 8.32 Å². The fraction of sp³-hybridized carbons (Fsp3) is 1.00. The average molecular weight is 637 g/mol. The van der Waals surface area contributed by atoms with Gasteiger partial charge in [-0.05, 0) is 105 Å². The number of nitrogens with two attached hydrogens (primary N) is 1. The minimum absolute atomic E-state index is 0.197. The second kappa shape index (κ2) is 15.1. The Morgan fingerprint density at radius 3 is 1.52 bits per heavy atom. The topological polar surface area (TPSA) is 75.0 Å². The molecule has 0 spiro atoms. The van der Waals surface area contributed by atoms with Gasteiger partial charge in [-0.15, -0.1) is 0 Å². The Kier molecular flexibility index (Phi) is 15.3. The summed E-state index contributed by atoms with van der Waals surface area (Å²) < 4.78 is 29.0. The molecule has 0 saturated carbocycles. The van der Waals surface area contributed by atoms with Gasteiger partial charge >= 0.3 is 8.56 Å². The highest BCUT2D eigenvalue weighted by molar-refractivity contribution is 6.81. The highest BCUT2D eigenvalue weighted by Gasteiger charge is 2.66. The van der Waals surface area contributed by atoms with Crippen LogP contribution in [0, 0.1) is 0 Å². The van der Waals surface area contributed by atoms with Gasteiger partial charge in [-0.2, -0.15) is 0 Å². The van der Waals surface area contributed by atoms with Crippen LogP contribution in [0.15, 0.2) is 0 Å². The van der Waals surface area contributed by atoms with Crippen LogP contribution in [0.2, 0.25) is 63.5 Å². The first kappa shape index (κ1) is 40.6. The van der Waals surface area contributed by atoms with Gasteiger partial charge < -0.3 is 28.8 Å². The second-order valence-electron chi connectivity index (χ2n) is 15.2. The first-order valence-electron chi connectivity index (χ1n) is 16.0. The van der Waals surface area contributed by atoms with Crippen molar-refractivity contribution in [1.82, 2.24) is 5.32 Å². The minimum Gasteiger partial charge on any atom is -0.412 e. The summed E-state index contributed by atoms with van der Waals surface area (Å²) in [6.45, 7) is 39.8. The van der Waals surface area contributed by atoms with E-state index in [2.05, 4.69) is 113 Å². The van der Waals surface area contributed by atoms with Crippen molar-refractivity contribution in [3.63, 3.8) is 0 Å². The Hall–Kier alpha value is 0.628. The van der Waals surface area contributed by atoms with E-state index in [0.29, 0.717) is 6.54 Å². The molecule has 0 fully saturated rings. The lowest BCUT2D eigenvalue weighted by Crippen LogP contribution is -2.70. The van der Waals surface area contributed by atoms with Crippen molar-refractivity contribution in [3.8, 4) is 0 Å². The summed E-state index contributed by atoms with van der Waals surface area (Å²) in [5.41, 5.74) is 5.30. The number of hydrogen-bond acceptors (Lipinski definition) is 6. The van der Waals surface area contributed by atoms with Crippen LogP contribution in [0.3, 0.4) is 0 Å². The molecule has 0 aliphatic rings. The SMILES string of the molecule is CCC(C)(O[Si](CCCNCCN)(OC)C(CC)(CC)C(C)(C)O[Si](C)(C)[C@](C)(CC)O[Si](C)(C)C)[Si](C)(C)C. The molecule has 2 unspecified atom stereocenters. The van der Waals surface area contributed by atoms with Gasteiger partial charge in [0.1, 0.15) is 0 Å². The van der Waals surface area contributed by atoms with Gasteiger partial charge in [0.05, 0.1) is 18.9 Å². The molecule has 0 amide bonds. The van der Waals surface area contributed by atoms with Crippen LogP contribution in [-0.4, -0.2) is 76.1 Å². The lowest BCUT2D eigenvalue weighted by Gasteiger charge is -2.60. The van der Waals surface area contributed by atoms with E-state index in [1.165, 1.54) is 0 Å². The lowest BCUT2D eigenvalue weighted by atomic mass is 9.85. The van der Waals surface area contributed by atoms with Crippen LogP contribution in [0.5, 0.6) is 0 Å². The maximum Gasteiger partial charge on any atom is 0.347 e. The molecule has 10 heteroatoms. The Balaban J connectivity index is 7.09. The Labute approximate surface area is 255 Å². The summed E-state index contributed by atoms with van der Waals surface area (Å²) in [4.78, 5) is 0. The molecule has 3 atom stereocenters. The quantitative estimate of drug-likeness (QED) is 0.0977. The zero-order valence-corrected chi connectivity index (χ0v) is 34.1. The zero-order valence-electron chi connectivity index (χ0n) is 30.1. The van der Waals surface area contributed by atoms with E-state index in [9.17, 15) is 0 Å².